The maximum absolute atomic E-state index is 12.9. The molecule has 2 atom stereocenters. The zero-order valence-electron chi connectivity index (χ0n) is 15.5. The van der Waals surface area contributed by atoms with E-state index in [1.807, 2.05) is 55.7 Å². The number of amides is 1. The predicted molar refractivity (Wildman–Crippen MR) is 104 cm³/mol. The molecule has 1 aliphatic heterocycles. The van der Waals surface area contributed by atoms with Crippen LogP contribution in [0.4, 0.5) is 0 Å². The Bertz CT molecular complexity index is 734. The lowest BCUT2D eigenvalue weighted by atomic mass is 9.90. The van der Waals surface area contributed by atoms with Gasteiger partial charge in [-0.2, -0.15) is 5.10 Å². The maximum Gasteiger partial charge on any atom is 0.227 e. The zero-order valence-corrected chi connectivity index (χ0v) is 16.3. The van der Waals surface area contributed by atoms with Crippen molar-refractivity contribution < 1.29 is 9.53 Å². The van der Waals surface area contributed by atoms with Gasteiger partial charge in [-0.25, -0.2) is 0 Å². The van der Waals surface area contributed by atoms with Gasteiger partial charge in [0.1, 0.15) is 5.75 Å². The van der Waals surface area contributed by atoms with E-state index in [2.05, 4.69) is 10.4 Å². The monoisotopic (exact) mass is 378 g/mol. The molecule has 1 aromatic carbocycles. The third kappa shape index (κ3) is 4.37. The third-order valence-electron chi connectivity index (χ3n) is 4.97. The highest BCUT2D eigenvalue weighted by atomic mass is 35.5. The van der Waals surface area contributed by atoms with Crippen molar-refractivity contribution in [2.24, 2.45) is 13.0 Å². The number of methoxy groups -OCH3 is 1. The summed E-state index contributed by atoms with van der Waals surface area (Å²) in [5.41, 5.74) is 2.25. The van der Waals surface area contributed by atoms with E-state index in [9.17, 15) is 4.79 Å². The molecule has 7 heteroatoms. The van der Waals surface area contributed by atoms with Crippen LogP contribution in [0, 0.1) is 5.92 Å². The van der Waals surface area contributed by atoms with Crippen LogP contribution in [-0.2, 0) is 18.3 Å². The Hall–Kier alpha value is -2.05. The summed E-state index contributed by atoms with van der Waals surface area (Å²) in [6, 6.07) is 7.96. The summed E-state index contributed by atoms with van der Waals surface area (Å²) in [5.74, 6) is 1.22. The van der Waals surface area contributed by atoms with Gasteiger partial charge in [-0.05, 0) is 23.6 Å². The highest BCUT2D eigenvalue weighted by molar-refractivity contribution is 5.85. The normalized spacial score (nSPS) is 19.0. The van der Waals surface area contributed by atoms with Crippen molar-refractivity contribution in [2.45, 2.75) is 12.3 Å². The summed E-state index contributed by atoms with van der Waals surface area (Å²) in [4.78, 5) is 14.8. The van der Waals surface area contributed by atoms with Gasteiger partial charge in [0.05, 0.1) is 19.2 Å². The first-order valence-electron chi connectivity index (χ1n) is 8.66. The number of para-hydroxylation sites is 1. The number of benzene rings is 1. The molecule has 0 aliphatic carbocycles. The summed E-state index contributed by atoms with van der Waals surface area (Å²) in [7, 11) is 5.47. The first kappa shape index (κ1) is 20.3. The molecule has 0 saturated carbocycles. The van der Waals surface area contributed by atoms with Gasteiger partial charge in [-0.1, -0.05) is 18.2 Å². The summed E-state index contributed by atoms with van der Waals surface area (Å²) < 4.78 is 7.18. The number of carbonyl (C=O) groups is 1. The molecule has 1 N–H and O–H groups in total. The number of halogens is 1. The van der Waals surface area contributed by atoms with Crippen LogP contribution in [0.15, 0.2) is 36.7 Å². The minimum absolute atomic E-state index is 0. The van der Waals surface area contributed by atoms with Crippen LogP contribution >= 0.6 is 12.4 Å². The standard InChI is InChI=1S/C19H26N4O2.ClH/c1-22(9-8-14-6-4-5-7-18(14)25-3)19(24)17-12-20-11-16(17)15-10-21-23(2)13-15;/h4-7,10,13,16-17,20H,8-9,11-12H2,1-3H3;1H/t16-,17+;/m1./s1. The largest absolute Gasteiger partial charge is 0.496 e. The lowest BCUT2D eigenvalue weighted by molar-refractivity contribution is -0.134. The smallest absolute Gasteiger partial charge is 0.227 e. The second kappa shape index (κ2) is 9.05. The lowest BCUT2D eigenvalue weighted by Gasteiger charge is -2.24. The molecule has 1 aliphatic rings. The molecule has 1 amide bonds. The molecule has 1 fully saturated rings. The molecule has 2 aromatic rings. The van der Waals surface area contributed by atoms with Gasteiger partial charge >= 0.3 is 0 Å². The highest BCUT2D eigenvalue weighted by Crippen LogP contribution is 2.29. The average Bonchev–Trinajstić information content (AvgIpc) is 3.27. The Kier molecular flexibility index (Phi) is 7.06. The number of likely N-dealkylation sites (N-methyl/N-ethyl adjacent to an activating group) is 1. The van der Waals surface area contributed by atoms with E-state index in [4.69, 9.17) is 4.74 Å². The van der Waals surface area contributed by atoms with Crippen molar-refractivity contribution in [1.82, 2.24) is 20.0 Å². The van der Waals surface area contributed by atoms with Crippen molar-refractivity contribution in [3.63, 3.8) is 0 Å². The molecule has 142 valence electrons. The Balaban J connectivity index is 0.00000243. The molecule has 6 nitrogen and oxygen atoms in total. The van der Waals surface area contributed by atoms with Crippen LogP contribution in [0.3, 0.4) is 0 Å². The average molecular weight is 379 g/mol. The fourth-order valence-corrected chi connectivity index (χ4v) is 3.51. The van der Waals surface area contributed by atoms with Gasteiger partial charge in [-0.15, -0.1) is 12.4 Å². The van der Waals surface area contributed by atoms with Crippen LogP contribution in [-0.4, -0.2) is 54.4 Å². The van der Waals surface area contributed by atoms with Gasteiger partial charge in [0.2, 0.25) is 5.91 Å². The fraction of sp³-hybridized carbons (Fsp3) is 0.474. The molecule has 0 unspecified atom stereocenters. The van der Waals surface area contributed by atoms with Gasteiger partial charge < -0.3 is 15.0 Å². The number of hydrogen-bond acceptors (Lipinski definition) is 4. The minimum Gasteiger partial charge on any atom is -0.496 e. The molecule has 0 spiro atoms. The number of nitrogens with one attached hydrogen (secondary N) is 1. The number of ether oxygens (including phenoxy) is 1. The second-order valence-corrected chi connectivity index (χ2v) is 6.64. The molecule has 1 aromatic heterocycles. The van der Waals surface area contributed by atoms with E-state index in [1.54, 1.807) is 11.8 Å². The number of carbonyl (C=O) groups excluding carboxylic acids is 1. The zero-order chi connectivity index (χ0) is 17.8. The summed E-state index contributed by atoms with van der Waals surface area (Å²) in [6.07, 6.45) is 4.66. The third-order valence-corrected chi connectivity index (χ3v) is 4.97. The van der Waals surface area contributed by atoms with Gasteiger partial charge in [0.25, 0.3) is 0 Å². The van der Waals surface area contributed by atoms with Gasteiger partial charge in [0, 0.05) is 45.8 Å². The van der Waals surface area contributed by atoms with Crippen molar-refractivity contribution in [3.8, 4) is 5.75 Å². The van der Waals surface area contributed by atoms with Crippen LogP contribution in [0.5, 0.6) is 5.75 Å². The Labute approximate surface area is 160 Å². The summed E-state index contributed by atoms with van der Waals surface area (Å²) >= 11 is 0. The number of aryl methyl sites for hydroxylation is 1. The predicted octanol–water partition coefficient (Wildman–Crippen LogP) is 1.85. The number of aromatic nitrogens is 2. The van der Waals surface area contributed by atoms with E-state index in [-0.39, 0.29) is 30.2 Å². The molecule has 1 saturated heterocycles. The van der Waals surface area contributed by atoms with Gasteiger partial charge in [0.15, 0.2) is 0 Å². The Morgan fingerprint density at radius 2 is 2.15 bits per heavy atom. The van der Waals surface area contributed by atoms with E-state index in [0.29, 0.717) is 6.54 Å². The van der Waals surface area contributed by atoms with Crippen LogP contribution in [0.1, 0.15) is 17.0 Å². The number of hydrogen-bond donors (Lipinski definition) is 1. The quantitative estimate of drug-likeness (QED) is 0.833. The Morgan fingerprint density at radius 1 is 1.38 bits per heavy atom. The fourth-order valence-electron chi connectivity index (χ4n) is 3.51. The van der Waals surface area contributed by atoms with Crippen molar-refractivity contribution in [2.75, 3.05) is 33.8 Å². The second-order valence-electron chi connectivity index (χ2n) is 6.64. The topological polar surface area (TPSA) is 59.4 Å². The van der Waals surface area contributed by atoms with E-state index < -0.39 is 0 Å². The van der Waals surface area contributed by atoms with E-state index in [0.717, 1.165) is 36.4 Å². The molecular weight excluding hydrogens is 352 g/mol. The van der Waals surface area contributed by atoms with Crippen molar-refractivity contribution >= 4 is 18.3 Å². The number of rotatable bonds is 6. The van der Waals surface area contributed by atoms with Crippen LogP contribution < -0.4 is 10.1 Å². The van der Waals surface area contributed by atoms with Crippen LogP contribution in [0.25, 0.3) is 0 Å². The van der Waals surface area contributed by atoms with Crippen molar-refractivity contribution in [3.05, 3.63) is 47.8 Å². The molecule has 0 bridgehead atoms. The Morgan fingerprint density at radius 3 is 2.85 bits per heavy atom. The number of nitrogens with zero attached hydrogens (tertiary/aromatic N) is 3. The minimum atomic E-state index is -0.0353. The summed E-state index contributed by atoms with van der Waals surface area (Å²) in [5, 5.41) is 7.60. The van der Waals surface area contributed by atoms with Gasteiger partial charge in [-0.3, -0.25) is 9.48 Å². The summed E-state index contributed by atoms with van der Waals surface area (Å²) in [6.45, 7) is 2.22. The molecule has 3 rings (SSSR count). The highest BCUT2D eigenvalue weighted by Gasteiger charge is 2.36. The van der Waals surface area contributed by atoms with Crippen LogP contribution in [0.2, 0.25) is 0 Å². The SMILES string of the molecule is COc1ccccc1CCN(C)C(=O)[C@H]1CNC[C@@H]1c1cnn(C)c1.Cl. The first-order chi connectivity index (χ1) is 12.1. The lowest BCUT2D eigenvalue weighted by Crippen LogP contribution is -2.37. The molecule has 0 radical (unpaired) electrons. The van der Waals surface area contributed by atoms with Crippen molar-refractivity contribution in [1.29, 1.82) is 0 Å². The molecule has 2 heterocycles. The first-order valence-corrected chi connectivity index (χ1v) is 8.66. The molecule has 26 heavy (non-hydrogen) atoms. The molecular formula is C19H27ClN4O2. The maximum atomic E-state index is 12.9. The van der Waals surface area contributed by atoms with E-state index >= 15 is 0 Å². The van der Waals surface area contributed by atoms with E-state index in [1.165, 1.54) is 0 Å².